The summed E-state index contributed by atoms with van der Waals surface area (Å²) in [4.78, 5) is 19.5. The summed E-state index contributed by atoms with van der Waals surface area (Å²) >= 11 is 0. The number of carboxylic acids is 1. The zero-order valence-corrected chi connectivity index (χ0v) is 17.1. The summed E-state index contributed by atoms with van der Waals surface area (Å²) in [5.74, 6) is 0.938. The lowest BCUT2D eigenvalue weighted by molar-refractivity contribution is -0.138. The molecule has 8 heteroatoms. The minimum absolute atomic E-state index is 0.478. The molecule has 30 heavy (non-hydrogen) atoms. The summed E-state index contributed by atoms with van der Waals surface area (Å²) in [5.41, 5.74) is 8.36. The van der Waals surface area contributed by atoms with Crippen LogP contribution in [0.4, 0.5) is 11.5 Å². The van der Waals surface area contributed by atoms with Crippen molar-refractivity contribution in [2.75, 3.05) is 19.5 Å². The quantitative estimate of drug-likeness (QED) is 0.434. The van der Waals surface area contributed by atoms with Crippen LogP contribution in [-0.4, -0.2) is 41.3 Å². The van der Waals surface area contributed by atoms with Crippen LogP contribution in [0.5, 0.6) is 11.5 Å². The Bertz CT molecular complexity index is 1030. The Balaban J connectivity index is 1.73. The van der Waals surface area contributed by atoms with E-state index in [9.17, 15) is 4.79 Å². The van der Waals surface area contributed by atoms with Crippen molar-refractivity contribution in [3.63, 3.8) is 0 Å². The lowest BCUT2D eigenvalue weighted by Crippen LogP contribution is -2.29. The van der Waals surface area contributed by atoms with E-state index in [-0.39, 0.29) is 0 Å². The van der Waals surface area contributed by atoms with Gasteiger partial charge in [0, 0.05) is 17.1 Å². The number of nitrogens with zero attached hydrogens (tertiary/aromatic N) is 2. The van der Waals surface area contributed by atoms with Crippen molar-refractivity contribution >= 4 is 28.4 Å². The third-order valence-corrected chi connectivity index (χ3v) is 4.88. The number of rotatable bonds is 10. The summed E-state index contributed by atoms with van der Waals surface area (Å²) in [5, 5.41) is 13.0. The number of hydrogen-bond donors (Lipinski definition) is 3. The average Bonchev–Trinajstić information content (AvgIpc) is 2.76. The Hall–Kier alpha value is -3.39. The van der Waals surface area contributed by atoms with Gasteiger partial charge in [-0.25, -0.2) is 9.97 Å². The molecule has 0 aliphatic carbocycles. The molecule has 3 aromatic rings. The molecule has 158 valence electrons. The molecule has 0 bridgehead atoms. The van der Waals surface area contributed by atoms with Gasteiger partial charge in [0.15, 0.2) is 11.5 Å². The van der Waals surface area contributed by atoms with Gasteiger partial charge in [0.25, 0.3) is 0 Å². The maximum atomic E-state index is 10.8. The number of anilines is 2. The van der Waals surface area contributed by atoms with Crippen LogP contribution in [0.25, 0.3) is 10.9 Å². The molecule has 0 amide bonds. The fraction of sp³-hybridized carbons (Fsp3) is 0.318. The first kappa shape index (κ1) is 21.3. The number of methoxy groups -OCH3 is 2. The number of nitrogens with two attached hydrogens (primary N) is 1. The van der Waals surface area contributed by atoms with E-state index in [4.69, 9.17) is 20.3 Å². The monoisotopic (exact) mass is 410 g/mol. The van der Waals surface area contributed by atoms with Crippen molar-refractivity contribution in [2.24, 2.45) is 5.73 Å². The van der Waals surface area contributed by atoms with Gasteiger partial charge in [-0.05, 0) is 43.0 Å². The molecule has 0 radical (unpaired) electrons. The van der Waals surface area contributed by atoms with Gasteiger partial charge in [0.05, 0.1) is 19.7 Å². The molecule has 1 atom stereocenters. The highest BCUT2D eigenvalue weighted by atomic mass is 16.5. The molecule has 4 N–H and O–H groups in total. The summed E-state index contributed by atoms with van der Waals surface area (Å²) in [7, 11) is 3.18. The van der Waals surface area contributed by atoms with Crippen molar-refractivity contribution in [2.45, 2.75) is 31.7 Å². The Kier molecular flexibility index (Phi) is 7.03. The van der Waals surface area contributed by atoms with Gasteiger partial charge in [-0.15, -0.1) is 0 Å². The molecule has 2 aromatic carbocycles. The summed E-state index contributed by atoms with van der Waals surface area (Å²) in [6.45, 7) is 0. The van der Waals surface area contributed by atoms with E-state index >= 15 is 0 Å². The van der Waals surface area contributed by atoms with Gasteiger partial charge in [0.1, 0.15) is 18.2 Å². The fourth-order valence-corrected chi connectivity index (χ4v) is 3.24. The van der Waals surface area contributed by atoms with Crippen LogP contribution >= 0.6 is 0 Å². The third kappa shape index (κ3) is 5.15. The van der Waals surface area contributed by atoms with E-state index < -0.39 is 12.0 Å². The highest BCUT2D eigenvalue weighted by molar-refractivity contribution is 5.93. The molecule has 0 aliphatic rings. The van der Waals surface area contributed by atoms with Crippen LogP contribution in [0, 0.1) is 0 Å². The van der Waals surface area contributed by atoms with Crippen LogP contribution in [0.15, 0.2) is 42.7 Å². The smallest absolute Gasteiger partial charge is 0.320 e. The zero-order valence-electron chi connectivity index (χ0n) is 17.1. The molecular weight excluding hydrogens is 384 g/mol. The van der Waals surface area contributed by atoms with Crippen molar-refractivity contribution in [3.05, 3.63) is 48.3 Å². The summed E-state index contributed by atoms with van der Waals surface area (Å²) in [6.07, 6.45) is 4.47. The number of aryl methyl sites for hydroxylation is 1. The Labute approximate surface area is 175 Å². The maximum absolute atomic E-state index is 10.8. The highest BCUT2D eigenvalue weighted by Crippen LogP contribution is 2.34. The number of aliphatic carboxylic acids is 1. The van der Waals surface area contributed by atoms with Gasteiger partial charge >= 0.3 is 5.97 Å². The molecule has 0 aliphatic heterocycles. The molecule has 0 saturated carbocycles. The second kappa shape index (κ2) is 9.89. The van der Waals surface area contributed by atoms with Gasteiger partial charge in [0.2, 0.25) is 0 Å². The van der Waals surface area contributed by atoms with E-state index in [0.29, 0.717) is 23.7 Å². The zero-order chi connectivity index (χ0) is 21.5. The number of carbonyl (C=O) groups is 1. The summed E-state index contributed by atoms with van der Waals surface area (Å²) in [6, 6.07) is 10.9. The minimum Gasteiger partial charge on any atom is -0.493 e. The maximum Gasteiger partial charge on any atom is 0.320 e. The van der Waals surface area contributed by atoms with Crippen LogP contribution in [0.3, 0.4) is 0 Å². The number of ether oxygens (including phenoxy) is 2. The molecule has 1 aromatic heterocycles. The van der Waals surface area contributed by atoms with Gasteiger partial charge < -0.3 is 25.6 Å². The van der Waals surface area contributed by atoms with Crippen LogP contribution in [0.1, 0.15) is 24.8 Å². The molecule has 0 spiro atoms. The van der Waals surface area contributed by atoms with E-state index in [1.165, 1.54) is 6.33 Å². The van der Waals surface area contributed by atoms with Gasteiger partial charge in [-0.3, -0.25) is 4.79 Å². The van der Waals surface area contributed by atoms with E-state index in [2.05, 4.69) is 21.4 Å². The Morgan fingerprint density at radius 3 is 2.63 bits per heavy atom. The second-order valence-electron chi connectivity index (χ2n) is 6.96. The molecule has 1 unspecified atom stereocenters. The normalized spacial score (nSPS) is 11.8. The van der Waals surface area contributed by atoms with E-state index in [1.54, 1.807) is 14.2 Å². The lowest BCUT2D eigenvalue weighted by atomic mass is 10.0. The number of fused-ring (bicyclic) bond motifs is 1. The first-order valence-electron chi connectivity index (χ1n) is 9.73. The predicted molar refractivity (Wildman–Crippen MR) is 116 cm³/mol. The number of unbranched alkanes of at least 4 members (excludes halogenated alkanes) is 1. The van der Waals surface area contributed by atoms with E-state index in [1.807, 2.05) is 30.3 Å². The fourth-order valence-electron chi connectivity index (χ4n) is 3.24. The summed E-state index contributed by atoms with van der Waals surface area (Å²) < 4.78 is 10.7. The van der Waals surface area contributed by atoms with Crippen molar-refractivity contribution in [3.8, 4) is 11.5 Å². The highest BCUT2D eigenvalue weighted by Gasteiger charge is 2.12. The lowest BCUT2D eigenvalue weighted by Gasteiger charge is -2.13. The number of nitrogens with one attached hydrogen (secondary N) is 1. The standard InChI is InChI=1S/C22H26N4O4/c1-29-19-11-16-18(12-20(19)30-2)24-13-25-21(16)26-15-8-5-7-14(10-15)6-3-4-9-17(23)22(27)28/h5,7-8,10-13,17H,3-4,6,9,23H2,1-2H3,(H,27,28)(H,24,25,26). The molecule has 0 saturated heterocycles. The average molecular weight is 410 g/mol. The number of benzene rings is 2. The third-order valence-electron chi connectivity index (χ3n) is 4.88. The Morgan fingerprint density at radius 2 is 1.90 bits per heavy atom. The van der Waals surface area contributed by atoms with Crippen LogP contribution in [-0.2, 0) is 11.2 Å². The molecular formula is C22H26N4O4. The Morgan fingerprint density at radius 1 is 1.13 bits per heavy atom. The van der Waals surface area contributed by atoms with E-state index in [0.717, 1.165) is 41.4 Å². The number of hydrogen-bond acceptors (Lipinski definition) is 7. The SMILES string of the molecule is COc1cc2ncnc(Nc3cccc(CCCCC(N)C(=O)O)c3)c2cc1OC. The van der Waals surface area contributed by atoms with Crippen LogP contribution in [0.2, 0.25) is 0 Å². The molecule has 8 nitrogen and oxygen atoms in total. The first-order chi connectivity index (χ1) is 14.5. The minimum atomic E-state index is -0.951. The number of carboxylic acid groups (broad SMARTS) is 1. The van der Waals surface area contributed by atoms with Gasteiger partial charge in [-0.1, -0.05) is 18.6 Å². The van der Waals surface area contributed by atoms with Crippen LogP contribution < -0.4 is 20.5 Å². The van der Waals surface area contributed by atoms with Crippen molar-refractivity contribution in [1.29, 1.82) is 0 Å². The number of aromatic nitrogens is 2. The van der Waals surface area contributed by atoms with Crippen molar-refractivity contribution in [1.82, 2.24) is 9.97 Å². The predicted octanol–water partition coefficient (Wildman–Crippen LogP) is 3.52. The largest absolute Gasteiger partial charge is 0.493 e. The van der Waals surface area contributed by atoms with Crippen molar-refractivity contribution < 1.29 is 19.4 Å². The molecule has 3 rings (SSSR count). The topological polar surface area (TPSA) is 120 Å². The molecule has 0 fully saturated rings. The molecule has 1 heterocycles. The first-order valence-corrected chi connectivity index (χ1v) is 9.73. The second-order valence-corrected chi connectivity index (χ2v) is 6.96. The van der Waals surface area contributed by atoms with Gasteiger partial charge in [-0.2, -0.15) is 0 Å².